The van der Waals surface area contributed by atoms with Crippen molar-refractivity contribution in [2.75, 3.05) is 11.9 Å². The molecule has 0 fully saturated rings. The Balaban J connectivity index is 1.58. The first-order valence-electron chi connectivity index (χ1n) is 10.9. The number of amides is 1. The molecule has 0 bridgehead atoms. The van der Waals surface area contributed by atoms with E-state index in [1.165, 1.54) is 16.9 Å². The Bertz CT molecular complexity index is 1110. The number of nitrogens with zero attached hydrogens (tertiary/aromatic N) is 1. The molecule has 32 heavy (non-hydrogen) atoms. The highest BCUT2D eigenvalue weighted by Crippen LogP contribution is 2.36. The number of benzene rings is 1. The predicted molar refractivity (Wildman–Crippen MR) is 137 cm³/mol. The summed E-state index contributed by atoms with van der Waals surface area (Å²) in [6.45, 7) is 9.16. The summed E-state index contributed by atoms with van der Waals surface area (Å²) in [4.78, 5) is 12.5. The average Bonchev–Trinajstić information content (AvgIpc) is 2.72. The third-order valence-electron chi connectivity index (χ3n) is 5.74. The number of carbonyl (C=O) groups excluding carboxylic acids is 1. The van der Waals surface area contributed by atoms with Crippen molar-refractivity contribution < 1.29 is 9.53 Å². The molecular formula is C25H29BrN2O2S2. The van der Waals surface area contributed by atoms with Crippen LogP contribution in [0.25, 0.3) is 0 Å². The van der Waals surface area contributed by atoms with Crippen LogP contribution in [0.3, 0.4) is 0 Å². The minimum atomic E-state index is -0.123. The minimum absolute atomic E-state index is 0.0717. The summed E-state index contributed by atoms with van der Waals surface area (Å²) in [6.07, 6.45) is 3.70. The molecule has 1 aromatic heterocycles. The molecule has 0 spiro atoms. The smallest absolute Gasteiger partial charge is 0.225 e. The second-order valence-electron chi connectivity index (χ2n) is 9.41. The van der Waals surface area contributed by atoms with Crippen molar-refractivity contribution in [2.24, 2.45) is 5.92 Å². The maximum atomic E-state index is 12.5. The van der Waals surface area contributed by atoms with Gasteiger partial charge in [-0.25, -0.2) is 0 Å². The summed E-state index contributed by atoms with van der Waals surface area (Å²) >= 11 is 10.5. The van der Waals surface area contributed by atoms with Gasteiger partial charge < -0.3 is 10.1 Å². The van der Waals surface area contributed by atoms with Crippen LogP contribution in [0.5, 0.6) is 5.75 Å². The van der Waals surface area contributed by atoms with Crippen molar-refractivity contribution >= 4 is 50.4 Å². The lowest BCUT2D eigenvalue weighted by molar-refractivity contribution is -0.116. The van der Waals surface area contributed by atoms with E-state index >= 15 is 0 Å². The van der Waals surface area contributed by atoms with Gasteiger partial charge in [0.05, 0.1) is 20.5 Å². The van der Waals surface area contributed by atoms with Gasteiger partial charge in [-0.1, -0.05) is 46.0 Å². The van der Waals surface area contributed by atoms with E-state index in [4.69, 9.17) is 17.0 Å². The standard InChI is InChI=1S/C25H29BrN2O2S2/c1-15-7-9-17-18(12-15)24(31)32-23(19(17)14-27)28-22(29)6-5-11-30-21-10-8-16(13-20(21)26)25(2,3)4/h8,10,13,15H,5-7,9,11-12H2,1-4H3,(H,28,29). The van der Waals surface area contributed by atoms with Crippen molar-refractivity contribution in [3.05, 3.63) is 48.7 Å². The molecule has 0 saturated carbocycles. The van der Waals surface area contributed by atoms with Crippen molar-refractivity contribution in [1.82, 2.24) is 0 Å². The molecule has 1 aliphatic carbocycles. The Labute approximate surface area is 208 Å². The van der Waals surface area contributed by atoms with Gasteiger partial charge in [0.15, 0.2) is 0 Å². The van der Waals surface area contributed by atoms with E-state index in [1.54, 1.807) is 0 Å². The van der Waals surface area contributed by atoms with Crippen LogP contribution in [-0.2, 0) is 23.1 Å². The Hall–Kier alpha value is -1.75. The summed E-state index contributed by atoms with van der Waals surface area (Å²) in [5.41, 5.74) is 4.03. The molecule has 0 radical (unpaired) electrons. The summed E-state index contributed by atoms with van der Waals surface area (Å²) in [5.74, 6) is 1.22. The quantitative estimate of drug-likeness (QED) is 0.312. The first-order valence-corrected chi connectivity index (χ1v) is 12.9. The minimum Gasteiger partial charge on any atom is -0.492 e. The largest absolute Gasteiger partial charge is 0.492 e. The Morgan fingerprint density at radius 3 is 2.78 bits per heavy atom. The van der Waals surface area contributed by atoms with Crippen LogP contribution in [0.2, 0.25) is 0 Å². The number of nitrogens with one attached hydrogen (secondary N) is 1. The summed E-state index contributed by atoms with van der Waals surface area (Å²) in [7, 11) is 0. The number of anilines is 1. The number of nitriles is 1. The van der Waals surface area contributed by atoms with Gasteiger partial charge in [-0.3, -0.25) is 4.79 Å². The zero-order valence-electron chi connectivity index (χ0n) is 19.0. The van der Waals surface area contributed by atoms with Crippen molar-refractivity contribution in [2.45, 2.75) is 65.2 Å². The van der Waals surface area contributed by atoms with Gasteiger partial charge in [-0.2, -0.15) is 5.26 Å². The maximum Gasteiger partial charge on any atom is 0.225 e. The van der Waals surface area contributed by atoms with Crippen molar-refractivity contribution in [3.8, 4) is 11.8 Å². The van der Waals surface area contributed by atoms with Gasteiger partial charge in [-0.05, 0) is 81.8 Å². The molecule has 1 amide bonds. The number of carbonyl (C=O) groups is 1. The Morgan fingerprint density at radius 1 is 1.38 bits per heavy atom. The lowest BCUT2D eigenvalue weighted by Gasteiger charge is -2.23. The van der Waals surface area contributed by atoms with Gasteiger partial charge in [-0.15, -0.1) is 11.3 Å². The van der Waals surface area contributed by atoms with Crippen molar-refractivity contribution in [1.29, 1.82) is 5.26 Å². The molecule has 170 valence electrons. The summed E-state index contributed by atoms with van der Waals surface area (Å²) in [6, 6.07) is 8.41. The first-order chi connectivity index (χ1) is 15.1. The Kier molecular flexibility index (Phi) is 8.13. The SMILES string of the molecule is CC1CCc2c(C#N)c(NC(=O)CCCOc3ccc(C(C)(C)C)cc3Br)sc(=S)c2C1. The van der Waals surface area contributed by atoms with E-state index in [0.717, 1.165) is 44.4 Å². The van der Waals surface area contributed by atoms with Crippen LogP contribution >= 0.6 is 39.5 Å². The van der Waals surface area contributed by atoms with Gasteiger partial charge in [0.1, 0.15) is 16.8 Å². The summed E-state index contributed by atoms with van der Waals surface area (Å²) < 4.78 is 7.56. The van der Waals surface area contributed by atoms with Crippen LogP contribution in [0.15, 0.2) is 22.7 Å². The lowest BCUT2D eigenvalue weighted by Crippen LogP contribution is -2.17. The number of fused-ring (bicyclic) bond motifs is 1. The average molecular weight is 534 g/mol. The zero-order chi connectivity index (χ0) is 23.5. The molecule has 1 aliphatic rings. The number of halogens is 1. The number of hydrogen-bond acceptors (Lipinski definition) is 5. The molecule has 1 atom stereocenters. The molecule has 1 heterocycles. The van der Waals surface area contributed by atoms with E-state index in [2.05, 4.69) is 67.1 Å². The number of hydrogen-bond donors (Lipinski definition) is 1. The van der Waals surface area contributed by atoms with Crippen LogP contribution in [0, 0.1) is 21.1 Å². The van der Waals surface area contributed by atoms with Crippen LogP contribution in [0.4, 0.5) is 5.00 Å². The molecule has 0 aliphatic heterocycles. The molecule has 0 saturated heterocycles. The molecule has 7 heteroatoms. The van der Waals surface area contributed by atoms with Gasteiger partial charge in [0, 0.05) is 6.42 Å². The topological polar surface area (TPSA) is 62.1 Å². The van der Waals surface area contributed by atoms with E-state index in [-0.39, 0.29) is 11.3 Å². The van der Waals surface area contributed by atoms with Crippen LogP contribution in [0.1, 0.15) is 69.2 Å². The fraction of sp³-hybridized carbons (Fsp3) is 0.480. The predicted octanol–water partition coefficient (Wildman–Crippen LogP) is 7.33. The fourth-order valence-electron chi connectivity index (χ4n) is 3.83. The van der Waals surface area contributed by atoms with E-state index < -0.39 is 0 Å². The van der Waals surface area contributed by atoms with Gasteiger partial charge in [0.25, 0.3) is 0 Å². The first kappa shape index (κ1) is 24.9. The van der Waals surface area contributed by atoms with Gasteiger partial charge >= 0.3 is 0 Å². The highest BCUT2D eigenvalue weighted by Gasteiger charge is 2.23. The normalized spacial score (nSPS) is 15.6. The van der Waals surface area contributed by atoms with Crippen LogP contribution < -0.4 is 10.1 Å². The highest BCUT2D eigenvalue weighted by atomic mass is 79.9. The zero-order valence-corrected chi connectivity index (χ0v) is 22.2. The second kappa shape index (κ2) is 10.5. The molecule has 1 aromatic carbocycles. The third kappa shape index (κ3) is 5.98. The highest BCUT2D eigenvalue weighted by molar-refractivity contribution is 9.10. The molecule has 2 aromatic rings. The monoisotopic (exact) mass is 532 g/mol. The van der Waals surface area contributed by atoms with Crippen molar-refractivity contribution in [3.63, 3.8) is 0 Å². The molecule has 1 N–H and O–H groups in total. The third-order valence-corrected chi connectivity index (χ3v) is 7.80. The van der Waals surface area contributed by atoms with E-state index in [1.807, 2.05) is 6.07 Å². The van der Waals surface area contributed by atoms with Crippen LogP contribution in [-0.4, -0.2) is 12.5 Å². The Morgan fingerprint density at radius 2 is 2.12 bits per heavy atom. The molecular weight excluding hydrogens is 504 g/mol. The maximum absolute atomic E-state index is 12.5. The van der Waals surface area contributed by atoms with Gasteiger partial charge in [0.2, 0.25) is 5.91 Å². The van der Waals surface area contributed by atoms with E-state index in [0.29, 0.717) is 35.9 Å². The summed E-state index contributed by atoms with van der Waals surface area (Å²) in [5, 5.41) is 13.2. The fourth-order valence-corrected chi connectivity index (χ4v) is 5.74. The lowest BCUT2D eigenvalue weighted by atomic mass is 9.85. The second-order valence-corrected chi connectivity index (χ2v) is 11.9. The number of rotatable bonds is 6. The van der Waals surface area contributed by atoms with E-state index in [9.17, 15) is 10.1 Å². The molecule has 3 rings (SSSR count). The molecule has 4 nitrogen and oxygen atoms in total. The number of ether oxygens (including phenoxy) is 1. The molecule has 1 unspecified atom stereocenters.